The SMILES string of the molecule is CC(C)CNC(=O)NC(=O)CN1C[C@H](C)O[C@@H](C)C1. The monoisotopic (exact) mass is 271 g/mol. The first-order chi connectivity index (χ1) is 8.86. The Bertz CT molecular complexity index is 310. The summed E-state index contributed by atoms with van der Waals surface area (Å²) < 4.78 is 5.59. The fraction of sp³-hybridized carbons (Fsp3) is 0.846. The lowest BCUT2D eigenvalue weighted by Crippen LogP contribution is -2.51. The number of ether oxygens (including phenoxy) is 1. The smallest absolute Gasteiger partial charge is 0.321 e. The van der Waals surface area contributed by atoms with E-state index in [1.807, 2.05) is 32.6 Å². The number of amides is 3. The third kappa shape index (κ3) is 6.54. The number of carbonyl (C=O) groups excluding carboxylic acids is 2. The van der Waals surface area contributed by atoms with Crippen molar-refractivity contribution in [2.75, 3.05) is 26.2 Å². The van der Waals surface area contributed by atoms with Crippen molar-refractivity contribution in [2.24, 2.45) is 5.92 Å². The Morgan fingerprint density at radius 1 is 1.26 bits per heavy atom. The Kier molecular flexibility index (Phi) is 6.24. The molecule has 1 saturated heterocycles. The van der Waals surface area contributed by atoms with Crippen LogP contribution in [0.15, 0.2) is 0 Å². The van der Waals surface area contributed by atoms with E-state index in [9.17, 15) is 9.59 Å². The van der Waals surface area contributed by atoms with Gasteiger partial charge in [0.15, 0.2) is 0 Å². The number of nitrogens with zero attached hydrogens (tertiary/aromatic N) is 1. The first kappa shape index (κ1) is 15.9. The van der Waals surface area contributed by atoms with Gasteiger partial charge in [-0.3, -0.25) is 15.0 Å². The Morgan fingerprint density at radius 3 is 2.37 bits per heavy atom. The molecule has 2 atom stereocenters. The van der Waals surface area contributed by atoms with Crippen molar-refractivity contribution in [1.29, 1.82) is 0 Å². The van der Waals surface area contributed by atoms with E-state index in [4.69, 9.17) is 4.74 Å². The van der Waals surface area contributed by atoms with E-state index in [-0.39, 0.29) is 24.7 Å². The van der Waals surface area contributed by atoms with Gasteiger partial charge in [0.05, 0.1) is 18.8 Å². The van der Waals surface area contributed by atoms with Crippen LogP contribution in [0.3, 0.4) is 0 Å². The lowest BCUT2D eigenvalue weighted by molar-refractivity contribution is -0.124. The predicted molar refractivity (Wildman–Crippen MR) is 72.8 cm³/mol. The van der Waals surface area contributed by atoms with Crippen LogP contribution in [0.1, 0.15) is 27.7 Å². The molecule has 1 heterocycles. The summed E-state index contributed by atoms with van der Waals surface area (Å²) in [5.41, 5.74) is 0. The number of carbonyl (C=O) groups is 2. The standard InChI is InChI=1S/C13H25N3O3/c1-9(2)5-14-13(18)15-12(17)8-16-6-10(3)19-11(4)7-16/h9-11H,5-8H2,1-4H3,(H2,14,15,17,18)/t10-,11-/m0/s1. The lowest BCUT2D eigenvalue weighted by atomic mass is 10.2. The van der Waals surface area contributed by atoms with Crippen molar-refractivity contribution in [3.63, 3.8) is 0 Å². The maximum absolute atomic E-state index is 11.7. The topological polar surface area (TPSA) is 70.7 Å². The predicted octanol–water partition coefficient (Wildman–Crippen LogP) is 0.577. The van der Waals surface area contributed by atoms with Gasteiger partial charge in [0.25, 0.3) is 0 Å². The molecule has 0 bridgehead atoms. The number of hydrogen-bond donors (Lipinski definition) is 2. The van der Waals surface area contributed by atoms with Gasteiger partial charge in [0.1, 0.15) is 0 Å². The second-order valence-corrected chi connectivity index (χ2v) is 5.60. The molecule has 6 nitrogen and oxygen atoms in total. The van der Waals surface area contributed by atoms with Gasteiger partial charge in [-0.2, -0.15) is 0 Å². The summed E-state index contributed by atoms with van der Waals surface area (Å²) in [6.45, 7) is 10.2. The summed E-state index contributed by atoms with van der Waals surface area (Å²) in [5, 5.41) is 4.99. The van der Waals surface area contributed by atoms with Crippen LogP contribution in [-0.4, -0.2) is 55.2 Å². The minimum absolute atomic E-state index is 0.117. The zero-order valence-electron chi connectivity index (χ0n) is 12.2. The van der Waals surface area contributed by atoms with Crippen molar-refractivity contribution in [1.82, 2.24) is 15.5 Å². The summed E-state index contributed by atoms with van der Waals surface area (Å²) in [4.78, 5) is 25.2. The van der Waals surface area contributed by atoms with Gasteiger partial charge in [-0.15, -0.1) is 0 Å². The number of imide groups is 1. The molecule has 0 aromatic rings. The summed E-state index contributed by atoms with van der Waals surface area (Å²) in [7, 11) is 0. The molecule has 110 valence electrons. The second kappa shape index (κ2) is 7.45. The van der Waals surface area contributed by atoms with E-state index < -0.39 is 6.03 Å². The van der Waals surface area contributed by atoms with Gasteiger partial charge in [0, 0.05) is 19.6 Å². The second-order valence-electron chi connectivity index (χ2n) is 5.60. The van der Waals surface area contributed by atoms with Crippen LogP contribution in [0.25, 0.3) is 0 Å². The summed E-state index contributed by atoms with van der Waals surface area (Å²) in [5.74, 6) is 0.0874. The first-order valence-electron chi connectivity index (χ1n) is 6.82. The molecular weight excluding hydrogens is 246 g/mol. The third-order valence-electron chi connectivity index (χ3n) is 2.79. The molecule has 1 aliphatic heterocycles. The van der Waals surface area contributed by atoms with Crippen molar-refractivity contribution in [2.45, 2.75) is 39.9 Å². The summed E-state index contributed by atoms with van der Waals surface area (Å²) in [6, 6.07) is -0.423. The van der Waals surface area contributed by atoms with Gasteiger partial charge in [-0.1, -0.05) is 13.8 Å². The van der Waals surface area contributed by atoms with E-state index in [0.29, 0.717) is 25.6 Å². The summed E-state index contributed by atoms with van der Waals surface area (Å²) >= 11 is 0. The molecule has 6 heteroatoms. The van der Waals surface area contributed by atoms with Crippen molar-refractivity contribution in [3.05, 3.63) is 0 Å². The number of urea groups is 1. The Morgan fingerprint density at radius 2 is 1.84 bits per heavy atom. The minimum Gasteiger partial charge on any atom is -0.373 e. The van der Waals surface area contributed by atoms with Gasteiger partial charge < -0.3 is 10.1 Å². The number of nitrogens with one attached hydrogen (secondary N) is 2. The molecule has 19 heavy (non-hydrogen) atoms. The Balaban J connectivity index is 2.28. The largest absolute Gasteiger partial charge is 0.373 e. The normalized spacial score (nSPS) is 24.3. The van der Waals surface area contributed by atoms with E-state index >= 15 is 0 Å². The van der Waals surface area contributed by atoms with Crippen LogP contribution in [0.5, 0.6) is 0 Å². The highest BCUT2D eigenvalue weighted by atomic mass is 16.5. The van der Waals surface area contributed by atoms with Crippen molar-refractivity contribution in [3.8, 4) is 0 Å². The van der Waals surface area contributed by atoms with Crippen molar-refractivity contribution < 1.29 is 14.3 Å². The molecule has 0 aromatic carbocycles. The molecule has 1 rings (SSSR count). The van der Waals surface area contributed by atoms with Crippen LogP contribution in [0, 0.1) is 5.92 Å². The highest BCUT2D eigenvalue weighted by Crippen LogP contribution is 2.09. The quantitative estimate of drug-likeness (QED) is 0.784. The average molecular weight is 271 g/mol. The molecule has 0 unspecified atom stereocenters. The minimum atomic E-state index is -0.423. The van der Waals surface area contributed by atoms with E-state index in [2.05, 4.69) is 10.6 Å². The maximum Gasteiger partial charge on any atom is 0.321 e. The molecule has 0 spiro atoms. The van der Waals surface area contributed by atoms with Crippen LogP contribution < -0.4 is 10.6 Å². The molecule has 0 aliphatic carbocycles. The van der Waals surface area contributed by atoms with E-state index in [0.717, 1.165) is 0 Å². The number of morpholine rings is 1. The van der Waals surface area contributed by atoms with Gasteiger partial charge in [0.2, 0.25) is 5.91 Å². The van der Waals surface area contributed by atoms with Crippen LogP contribution in [-0.2, 0) is 9.53 Å². The molecule has 3 amide bonds. The fourth-order valence-corrected chi connectivity index (χ4v) is 2.12. The molecule has 2 N–H and O–H groups in total. The van der Waals surface area contributed by atoms with Gasteiger partial charge >= 0.3 is 6.03 Å². The van der Waals surface area contributed by atoms with Gasteiger partial charge in [-0.25, -0.2) is 4.79 Å². The van der Waals surface area contributed by atoms with Gasteiger partial charge in [-0.05, 0) is 19.8 Å². The average Bonchev–Trinajstić information content (AvgIpc) is 2.24. The van der Waals surface area contributed by atoms with Crippen molar-refractivity contribution >= 4 is 11.9 Å². The van der Waals surface area contributed by atoms with E-state index in [1.165, 1.54) is 0 Å². The molecule has 0 saturated carbocycles. The Labute approximate surface area is 114 Å². The molecular formula is C13H25N3O3. The first-order valence-corrected chi connectivity index (χ1v) is 6.82. The zero-order valence-corrected chi connectivity index (χ0v) is 12.2. The highest BCUT2D eigenvalue weighted by Gasteiger charge is 2.24. The molecule has 1 aliphatic rings. The Hall–Kier alpha value is -1.14. The van der Waals surface area contributed by atoms with Crippen LogP contribution in [0.4, 0.5) is 4.79 Å². The van der Waals surface area contributed by atoms with Crippen LogP contribution >= 0.6 is 0 Å². The number of hydrogen-bond acceptors (Lipinski definition) is 4. The molecule has 0 radical (unpaired) electrons. The van der Waals surface area contributed by atoms with Crippen LogP contribution in [0.2, 0.25) is 0 Å². The van der Waals surface area contributed by atoms with E-state index in [1.54, 1.807) is 0 Å². The number of rotatable bonds is 4. The maximum atomic E-state index is 11.7. The lowest BCUT2D eigenvalue weighted by Gasteiger charge is -2.34. The fourth-order valence-electron chi connectivity index (χ4n) is 2.12. The third-order valence-corrected chi connectivity index (χ3v) is 2.79. The summed E-state index contributed by atoms with van der Waals surface area (Å²) in [6.07, 6.45) is 0.234. The molecule has 1 fully saturated rings. The highest BCUT2D eigenvalue weighted by molar-refractivity contribution is 5.95. The zero-order chi connectivity index (χ0) is 14.4. The molecule has 0 aromatic heterocycles.